The Bertz CT molecular complexity index is 269. The van der Waals surface area contributed by atoms with E-state index in [4.69, 9.17) is 9.15 Å². The molecule has 1 aliphatic carbocycles. The van der Waals surface area contributed by atoms with E-state index in [9.17, 15) is 5.11 Å². The van der Waals surface area contributed by atoms with Gasteiger partial charge in [0.2, 0.25) is 0 Å². The number of aliphatic hydroxyl groups is 1. The van der Waals surface area contributed by atoms with Crippen molar-refractivity contribution in [2.45, 2.75) is 37.4 Å². The lowest BCUT2D eigenvalue weighted by molar-refractivity contribution is -0.148. The van der Waals surface area contributed by atoms with Crippen LogP contribution in [-0.2, 0) is 11.2 Å². The summed E-state index contributed by atoms with van der Waals surface area (Å²) >= 11 is 0. The molecular weight excluding hydrogens is 180 g/mol. The summed E-state index contributed by atoms with van der Waals surface area (Å²) in [6.45, 7) is 0. The number of methoxy groups -OCH3 is 1. The lowest BCUT2D eigenvalue weighted by Crippen LogP contribution is -2.50. The van der Waals surface area contributed by atoms with Gasteiger partial charge in [0.1, 0.15) is 0 Å². The van der Waals surface area contributed by atoms with Crippen LogP contribution in [0.2, 0.25) is 0 Å². The first kappa shape index (κ1) is 9.74. The van der Waals surface area contributed by atoms with E-state index < -0.39 is 6.10 Å². The fourth-order valence-electron chi connectivity index (χ4n) is 2.02. The van der Waals surface area contributed by atoms with Gasteiger partial charge in [0.25, 0.3) is 0 Å². The van der Waals surface area contributed by atoms with Gasteiger partial charge < -0.3 is 14.3 Å². The Labute approximate surface area is 83.7 Å². The van der Waals surface area contributed by atoms with E-state index in [-0.39, 0.29) is 5.60 Å². The highest BCUT2D eigenvalue weighted by atomic mass is 16.5. The van der Waals surface area contributed by atoms with Gasteiger partial charge in [-0.3, -0.25) is 0 Å². The number of aliphatic hydroxyl groups excluding tert-OH is 1. The second-order valence-electron chi connectivity index (χ2n) is 3.97. The molecule has 1 saturated carbocycles. The molecule has 0 aliphatic heterocycles. The summed E-state index contributed by atoms with van der Waals surface area (Å²) in [5, 5.41) is 10.0. The molecule has 14 heavy (non-hydrogen) atoms. The summed E-state index contributed by atoms with van der Waals surface area (Å²) in [5.74, 6) is 0. The van der Waals surface area contributed by atoms with Gasteiger partial charge in [-0.15, -0.1) is 0 Å². The molecule has 0 amide bonds. The molecule has 1 unspecified atom stereocenters. The SMILES string of the molecule is COC1(C(O)Cc2ccoc2)CCC1. The highest BCUT2D eigenvalue weighted by Crippen LogP contribution is 2.39. The summed E-state index contributed by atoms with van der Waals surface area (Å²) < 4.78 is 10.4. The zero-order chi connectivity index (χ0) is 10.0. The van der Waals surface area contributed by atoms with Crippen LogP contribution in [0.5, 0.6) is 0 Å². The molecule has 1 heterocycles. The Morgan fingerprint density at radius 3 is 2.86 bits per heavy atom. The van der Waals surface area contributed by atoms with E-state index in [1.54, 1.807) is 19.6 Å². The van der Waals surface area contributed by atoms with Crippen molar-refractivity contribution in [2.75, 3.05) is 7.11 Å². The molecule has 0 bridgehead atoms. The topological polar surface area (TPSA) is 42.6 Å². The maximum absolute atomic E-state index is 10.0. The van der Waals surface area contributed by atoms with Crippen molar-refractivity contribution in [1.29, 1.82) is 0 Å². The molecular formula is C11H16O3. The average Bonchev–Trinajstić information content (AvgIpc) is 2.55. The van der Waals surface area contributed by atoms with Crippen molar-refractivity contribution in [3.05, 3.63) is 24.2 Å². The number of hydrogen-bond donors (Lipinski definition) is 1. The Balaban J connectivity index is 1.98. The van der Waals surface area contributed by atoms with Crippen LogP contribution in [-0.4, -0.2) is 23.9 Å². The molecule has 0 radical (unpaired) electrons. The maximum Gasteiger partial charge on any atom is 0.0939 e. The van der Waals surface area contributed by atoms with Crippen LogP contribution in [0.25, 0.3) is 0 Å². The number of rotatable bonds is 4. The van der Waals surface area contributed by atoms with Crippen LogP contribution in [0.3, 0.4) is 0 Å². The highest BCUT2D eigenvalue weighted by Gasteiger charge is 2.43. The Morgan fingerprint density at radius 1 is 1.64 bits per heavy atom. The summed E-state index contributed by atoms with van der Waals surface area (Å²) in [6, 6.07) is 1.88. The standard InChI is InChI=1S/C11H16O3/c1-13-11(4-2-5-11)10(12)7-9-3-6-14-8-9/h3,6,8,10,12H,2,4-5,7H2,1H3. The number of ether oxygens (including phenoxy) is 1. The monoisotopic (exact) mass is 196 g/mol. The van der Waals surface area contributed by atoms with E-state index in [1.165, 1.54) is 0 Å². The largest absolute Gasteiger partial charge is 0.472 e. The first-order valence-corrected chi connectivity index (χ1v) is 5.01. The summed E-state index contributed by atoms with van der Waals surface area (Å²) in [5.41, 5.74) is 0.734. The molecule has 1 fully saturated rings. The van der Waals surface area contributed by atoms with E-state index >= 15 is 0 Å². The molecule has 1 N–H and O–H groups in total. The third kappa shape index (κ3) is 1.57. The van der Waals surface area contributed by atoms with Crippen molar-refractivity contribution >= 4 is 0 Å². The molecule has 3 heteroatoms. The summed E-state index contributed by atoms with van der Waals surface area (Å²) in [6.07, 6.45) is 6.57. The third-order valence-electron chi connectivity index (χ3n) is 3.22. The van der Waals surface area contributed by atoms with Crippen molar-refractivity contribution in [1.82, 2.24) is 0 Å². The third-order valence-corrected chi connectivity index (χ3v) is 3.22. The van der Waals surface area contributed by atoms with Gasteiger partial charge in [0.15, 0.2) is 0 Å². The first-order valence-electron chi connectivity index (χ1n) is 5.01. The average molecular weight is 196 g/mol. The van der Waals surface area contributed by atoms with Crippen molar-refractivity contribution in [3.63, 3.8) is 0 Å². The summed E-state index contributed by atoms with van der Waals surface area (Å²) in [7, 11) is 1.68. The van der Waals surface area contributed by atoms with Crippen LogP contribution < -0.4 is 0 Å². The molecule has 3 nitrogen and oxygen atoms in total. The van der Waals surface area contributed by atoms with Gasteiger partial charge in [-0.25, -0.2) is 0 Å². The zero-order valence-corrected chi connectivity index (χ0v) is 8.40. The molecule has 1 aromatic rings. The van der Waals surface area contributed by atoms with Crippen molar-refractivity contribution in [3.8, 4) is 0 Å². The minimum absolute atomic E-state index is 0.294. The van der Waals surface area contributed by atoms with Gasteiger partial charge in [0.05, 0.1) is 24.2 Å². The van der Waals surface area contributed by atoms with E-state index in [2.05, 4.69) is 0 Å². The Hall–Kier alpha value is -0.800. The quantitative estimate of drug-likeness (QED) is 0.797. The van der Waals surface area contributed by atoms with Crippen LogP contribution >= 0.6 is 0 Å². The minimum Gasteiger partial charge on any atom is -0.472 e. The smallest absolute Gasteiger partial charge is 0.0939 e. The molecule has 1 aromatic heterocycles. The van der Waals surface area contributed by atoms with E-state index in [1.807, 2.05) is 6.07 Å². The number of furan rings is 1. The Morgan fingerprint density at radius 2 is 2.43 bits per heavy atom. The minimum atomic E-state index is -0.418. The fourth-order valence-corrected chi connectivity index (χ4v) is 2.02. The molecule has 2 rings (SSSR count). The zero-order valence-electron chi connectivity index (χ0n) is 8.40. The van der Waals surface area contributed by atoms with Gasteiger partial charge in [-0.2, -0.15) is 0 Å². The lowest BCUT2D eigenvalue weighted by Gasteiger charge is -2.44. The van der Waals surface area contributed by atoms with Gasteiger partial charge in [-0.1, -0.05) is 0 Å². The fraction of sp³-hybridized carbons (Fsp3) is 0.636. The predicted octanol–water partition coefficient (Wildman–Crippen LogP) is 1.75. The van der Waals surface area contributed by atoms with Crippen molar-refractivity contribution in [2.24, 2.45) is 0 Å². The van der Waals surface area contributed by atoms with E-state index in [0.29, 0.717) is 6.42 Å². The predicted molar refractivity (Wildman–Crippen MR) is 52.0 cm³/mol. The van der Waals surface area contributed by atoms with E-state index in [0.717, 1.165) is 24.8 Å². The van der Waals surface area contributed by atoms with Crippen LogP contribution in [0.4, 0.5) is 0 Å². The normalized spacial score (nSPS) is 21.6. The van der Waals surface area contributed by atoms with Crippen molar-refractivity contribution < 1.29 is 14.3 Å². The second-order valence-corrected chi connectivity index (χ2v) is 3.97. The molecule has 0 saturated heterocycles. The maximum atomic E-state index is 10.0. The molecule has 78 valence electrons. The van der Waals surface area contributed by atoms with Gasteiger partial charge >= 0.3 is 0 Å². The van der Waals surface area contributed by atoms with Crippen LogP contribution in [0.15, 0.2) is 23.0 Å². The van der Waals surface area contributed by atoms with Crippen LogP contribution in [0, 0.1) is 0 Å². The second kappa shape index (κ2) is 3.75. The molecule has 1 aliphatic rings. The Kier molecular flexibility index (Phi) is 2.61. The molecule has 0 spiro atoms. The number of hydrogen-bond acceptors (Lipinski definition) is 3. The molecule has 0 aromatic carbocycles. The first-order chi connectivity index (χ1) is 6.77. The van der Waals surface area contributed by atoms with Gasteiger partial charge in [-0.05, 0) is 30.9 Å². The highest BCUT2D eigenvalue weighted by molar-refractivity contribution is 5.10. The van der Waals surface area contributed by atoms with Crippen LogP contribution in [0.1, 0.15) is 24.8 Å². The summed E-state index contributed by atoms with van der Waals surface area (Å²) in [4.78, 5) is 0. The molecule has 1 atom stereocenters. The van der Waals surface area contributed by atoms with Gasteiger partial charge in [0, 0.05) is 13.5 Å². The lowest BCUT2D eigenvalue weighted by atomic mass is 9.74.